The van der Waals surface area contributed by atoms with Crippen LogP contribution in [0, 0.1) is 0 Å². The summed E-state index contributed by atoms with van der Waals surface area (Å²) in [6.45, 7) is 4.01. The summed E-state index contributed by atoms with van der Waals surface area (Å²) in [5.74, 6) is -0.157. The number of hydrogen-bond donors (Lipinski definition) is 6. The molecule has 0 aliphatic rings. The van der Waals surface area contributed by atoms with Crippen LogP contribution in [-0.4, -0.2) is 83.1 Å². The Morgan fingerprint density at radius 1 is 0.710 bits per heavy atom. The van der Waals surface area contributed by atoms with E-state index in [2.05, 4.69) is 6.92 Å². The third-order valence-electron chi connectivity index (χ3n) is 4.28. The second kappa shape index (κ2) is 27.2. The number of nitrogens with two attached hydrogens (primary N) is 1. The summed E-state index contributed by atoms with van der Waals surface area (Å²) >= 11 is 0. The molecule has 0 heterocycles. The zero-order chi connectivity index (χ0) is 24.4. The Balaban J connectivity index is -0.000000443. The van der Waals surface area contributed by atoms with Gasteiger partial charge in [0.1, 0.15) is 0 Å². The monoisotopic (exact) mass is 474 g/mol. The Kier molecular flexibility index (Phi) is 30.5. The highest BCUT2D eigenvalue weighted by molar-refractivity contribution is 7.79. The minimum Gasteiger partial charge on any atom is -0.395 e. The van der Waals surface area contributed by atoms with Crippen molar-refractivity contribution in [3.8, 4) is 0 Å². The maximum absolute atomic E-state index is 10.5. The average molecular weight is 475 g/mol. The molecule has 0 aliphatic heterocycles. The van der Waals surface area contributed by atoms with Crippen LogP contribution in [0.3, 0.4) is 0 Å². The second-order valence-electron chi connectivity index (χ2n) is 7.21. The molecule has 0 aromatic heterocycles. The van der Waals surface area contributed by atoms with Gasteiger partial charge in [-0.1, -0.05) is 71.1 Å². The first-order valence-corrected chi connectivity index (χ1v) is 12.5. The fraction of sp³-hybridized carbons (Fsp3) is 0.950. The van der Waals surface area contributed by atoms with Crippen molar-refractivity contribution in [3.63, 3.8) is 0 Å². The summed E-state index contributed by atoms with van der Waals surface area (Å²) in [6, 6.07) is 0. The Labute approximate surface area is 188 Å². The van der Waals surface area contributed by atoms with Crippen LogP contribution in [0.25, 0.3) is 0 Å². The van der Waals surface area contributed by atoms with Crippen molar-refractivity contribution in [2.45, 2.75) is 84.0 Å². The zero-order valence-corrected chi connectivity index (χ0v) is 19.9. The molecule has 0 aromatic rings. The summed E-state index contributed by atoms with van der Waals surface area (Å²) in [5, 5.41) is 25.5. The van der Waals surface area contributed by atoms with Gasteiger partial charge >= 0.3 is 10.4 Å². The normalized spacial score (nSPS) is 10.8. The average Bonchev–Trinajstić information content (AvgIpc) is 2.66. The van der Waals surface area contributed by atoms with Crippen LogP contribution in [0.1, 0.15) is 84.0 Å². The van der Waals surface area contributed by atoms with E-state index in [1.54, 1.807) is 4.90 Å². The minimum atomic E-state index is -4.67. The topological polar surface area (TPSA) is 182 Å². The fourth-order valence-corrected chi connectivity index (χ4v) is 2.72. The van der Waals surface area contributed by atoms with Crippen molar-refractivity contribution in [1.29, 1.82) is 0 Å². The largest absolute Gasteiger partial charge is 0.395 e. The maximum Gasteiger partial charge on any atom is 0.394 e. The summed E-state index contributed by atoms with van der Waals surface area (Å²) in [5.41, 5.74) is 5.07. The molecule has 31 heavy (non-hydrogen) atoms. The molecule has 0 rings (SSSR count). The molecule has 0 atom stereocenters. The molecule has 1 amide bonds. The van der Waals surface area contributed by atoms with Crippen LogP contribution in [0.4, 0.5) is 0 Å². The highest BCUT2D eigenvalue weighted by Crippen LogP contribution is 2.11. The molecule has 0 aliphatic carbocycles. The maximum atomic E-state index is 10.5. The number of carbonyl (C=O) groups excluding carboxylic acids is 1. The van der Waals surface area contributed by atoms with Gasteiger partial charge in [0.25, 0.3) is 0 Å². The smallest absolute Gasteiger partial charge is 0.394 e. The molecule has 11 heteroatoms. The van der Waals surface area contributed by atoms with Gasteiger partial charge in [-0.3, -0.25) is 18.8 Å². The molecule has 0 saturated carbocycles. The van der Waals surface area contributed by atoms with Crippen LogP contribution < -0.4 is 5.73 Å². The third kappa shape index (κ3) is 48.1. The predicted octanol–water partition coefficient (Wildman–Crippen LogP) is 1.79. The Hall–Kier alpha value is -0.820. The standard InChI is InChI=1S/C14H29NO.C6H15NO3.H2O4S/c1-2-3-4-5-6-7-8-9-10-11-12-13-14(15)16;8-4-1-7(2-5-9)3-6-10;1-5(2,3)4/h2-13H2,1H3,(H2,15,16);8-10H,1-6H2;(H2,1,2,3,4). The number of aliphatic hydroxyl groups is 3. The van der Waals surface area contributed by atoms with Crippen molar-refractivity contribution in [2.75, 3.05) is 39.5 Å². The number of rotatable bonds is 18. The van der Waals surface area contributed by atoms with Crippen LogP contribution in [0.15, 0.2) is 0 Å². The molecular formula is C20H46N2O8S. The molecular weight excluding hydrogens is 428 g/mol. The van der Waals surface area contributed by atoms with E-state index < -0.39 is 10.4 Å². The van der Waals surface area contributed by atoms with Crippen molar-refractivity contribution in [2.24, 2.45) is 5.73 Å². The number of unbranched alkanes of at least 4 members (excludes halogenated alkanes) is 10. The molecule has 0 radical (unpaired) electrons. The van der Waals surface area contributed by atoms with Gasteiger partial charge in [-0.2, -0.15) is 8.42 Å². The lowest BCUT2D eigenvalue weighted by atomic mass is 10.1. The molecule has 190 valence electrons. The van der Waals surface area contributed by atoms with Crippen molar-refractivity contribution in [3.05, 3.63) is 0 Å². The zero-order valence-electron chi connectivity index (χ0n) is 19.1. The molecule has 10 nitrogen and oxygen atoms in total. The van der Waals surface area contributed by atoms with Crippen LogP contribution in [0.2, 0.25) is 0 Å². The predicted molar refractivity (Wildman–Crippen MR) is 122 cm³/mol. The Bertz CT molecular complexity index is 442. The van der Waals surface area contributed by atoms with E-state index in [-0.39, 0.29) is 25.7 Å². The van der Waals surface area contributed by atoms with E-state index in [1.807, 2.05) is 0 Å². The van der Waals surface area contributed by atoms with E-state index in [1.165, 1.54) is 64.2 Å². The number of carbonyl (C=O) groups is 1. The minimum absolute atomic E-state index is 0.0694. The SMILES string of the molecule is CCCCCCCCCCCCCC(N)=O.O=S(=O)(O)O.OCCN(CCO)CCO. The lowest BCUT2D eigenvalue weighted by molar-refractivity contribution is -0.118. The molecule has 0 saturated heterocycles. The lowest BCUT2D eigenvalue weighted by Crippen LogP contribution is -2.32. The second-order valence-corrected chi connectivity index (χ2v) is 8.11. The van der Waals surface area contributed by atoms with Gasteiger partial charge in [-0.15, -0.1) is 0 Å². The highest BCUT2D eigenvalue weighted by atomic mass is 32.3. The van der Waals surface area contributed by atoms with Crippen molar-refractivity contribution >= 4 is 16.3 Å². The van der Waals surface area contributed by atoms with E-state index in [0.717, 1.165) is 6.42 Å². The van der Waals surface area contributed by atoms with Crippen LogP contribution >= 0.6 is 0 Å². The molecule has 0 fully saturated rings. The number of aliphatic hydroxyl groups excluding tert-OH is 3. The van der Waals surface area contributed by atoms with Gasteiger partial charge in [-0.05, 0) is 6.42 Å². The number of primary amides is 1. The first-order chi connectivity index (χ1) is 14.6. The molecule has 0 aromatic carbocycles. The van der Waals surface area contributed by atoms with E-state index in [4.69, 9.17) is 38.6 Å². The summed E-state index contributed by atoms with van der Waals surface area (Å²) in [7, 11) is -4.67. The van der Waals surface area contributed by atoms with Crippen molar-refractivity contribution < 1.29 is 37.6 Å². The van der Waals surface area contributed by atoms with E-state index >= 15 is 0 Å². The van der Waals surface area contributed by atoms with Crippen LogP contribution in [0.5, 0.6) is 0 Å². The molecule has 7 N–H and O–H groups in total. The molecule has 0 spiro atoms. The highest BCUT2D eigenvalue weighted by Gasteiger charge is 2.00. The first kappa shape index (κ1) is 34.8. The van der Waals surface area contributed by atoms with Crippen molar-refractivity contribution in [1.82, 2.24) is 4.90 Å². The molecule has 0 bridgehead atoms. The Morgan fingerprint density at radius 3 is 1.26 bits per heavy atom. The fourth-order valence-electron chi connectivity index (χ4n) is 2.72. The van der Waals surface area contributed by atoms with Gasteiger partial charge in [0, 0.05) is 26.1 Å². The van der Waals surface area contributed by atoms with E-state index in [9.17, 15) is 4.79 Å². The third-order valence-corrected chi connectivity index (χ3v) is 4.28. The Morgan fingerprint density at radius 2 is 1.00 bits per heavy atom. The van der Waals surface area contributed by atoms with Gasteiger partial charge in [0.15, 0.2) is 0 Å². The quantitative estimate of drug-likeness (QED) is 0.127. The summed E-state index contributed by atoms with van der Waals surface area (Å²) in [4.78, 5) is 12.3. The first-order valence-electron chi connectivity index (χ1n) is 11.1. The van der Waals surface area contributed by atoms with Gasteiger partial charge in [-0.25, -0.2) is 0 Å². The summed E-state index contributed by atoms with van der Waals surface area (Å²) in [6.07, 6.45) is 15.0. The van der Waals surface area contributed by atoms with Gasteiger partial charge in [0.2, 0.25) is 5.91 Å². The van der Waals surface area contributed by atoms with E-state index in [0.29, 0.717) is 26.1 Å². The number of hydrogen-bond acceptors (Lipinski definition) is 7. The van der Waals surface area contributed by atoms with Gasteiger partial charge < -0.3 is 21.1 Å². The lowest BCUT2D eigenvalue weighted by Gasteiger charge is -2.17. The number of amides is 1. The van der Waals surface area contributed by atoms with Crippen LogP contribution in [-0.2, 0) is 15.2 Å². The number of nitrogens with zero attached hydrogens (tertiary/aromatic N) is 1. The summed E-state index contributed by atoms with van der Waals surface area (Å²) < 4.78 is 31.6. The molecule has 0 unspecified atom stereocenters. The van der Waals surface area contributed by atoms with Gasteiger partial charge in [0.05, 0.1) is 19.8 Å².